The molecule has 0 aliphatic rings. The molecular weight excluding hydrogens is 396 g/mol. The maximum Gasteiger partial charge on any atom is 0.192 e. The van der Waals surface area contributed by atoms with E-state index in [1.165, 1.54) is 0 Å². The average Bonchev–Trinajstić information content (AvgIpc) is 3.39. The van der Waals surface area contributed by atoms with Crippen molar-refractivity contribution in [1.29, 1.82) is 10.8 Å². The second kappa shape index (κ2) is 7.53. The van der Waals surface area contributed by atoms with Gasteiger partial charge in [-0.05, 0) is 48.0 Å². The fraction of sp³-hybridized carbons (Fsp3) is 0.0952. The normalized spacial score (nSPS) is 10.9. The average molecular weight is 419 g/mol. The Labute approximate surface area is 177 Å². The number of thiophene rings is 1. The molecule has 0 fully saturated rings. The molecular formula is C21H22N8S. The number of anilines is 2. The fourth-order valence-electron chi connectivity index (χ4n) is 3.07. The largest absolute Gasteiger partial charge is 0.370 e. The molecule has 0 bridgehead atoms. The summed E-state index contributed by atoms with van der Waals surface area (Å²) in [5.74, 6) is 0.790. The van der Waals surface area contributed by atoms with Crippen molar-refractivity contribution in [2.75, 3.05) is 23.9 Å². The minimum Gasteiger partial charge on any atom is -0.370 e. The van der Waals surface area contributed by atoms with Crippen molar-refractivity contribution in [2.24, 2.45) is 11.5 Å². The molecule has 2 aromatic carbocycles. The molecule has 0 aliphatic carbocycles. The van der Waals surface area contributed by atoms with Crippen LogP contribution in [0.15, 0.2) is 54.6 Å². The van der Waals surface area contributed by atoms with E-state index in [2.05, 4.69) is 17.1 Å². The van der Waals surface area contributed by atoms with Gasteiger partial charge in [-0.25, -0.2) is 4.98 Å². The van der Waals surface area contributed by atoms with E-state index in [9.17, 15) is 0 Å². The standard InChI is InChI=1S/C21H22N8S/c1-28(20(22)23)13-5-3-12(4-6-13)17-9-10-18(30-17)19-26-15-8-7-14(11-16(15)27-19)29(2)21(24)25/h3-11H,1-2H3,(H3,22,23)(H3,24,25)(H,26,27). The first-order valence-electron chi connectivity index (χ1n) is 9.19. The number of benzene rings is 2. The van der Waals surface area contributed by atoms with Gasteiger partial charge in [0.15, 0.2) is 11.9 Å². The lowest BCUT2D eigenvalue weighted by Crippen LogP contribution is -2.32. The summed E-state index contributed by atoms with van der Waals surface area (Å²) in [6.45, 7) is 0. The third-order valence-electron chi connectivity index (χ3n) is 4.95. The number of aromatic amines is 1. The molecule has 0 spiro atoms. The number of rotatable bonds is 4. The Morgan fingerprint density at radius 2 is 1.47 bits per heavy atom. The minimum atomic E-state index is -0.0162. The van der Waals surface area contributed by atoms with E-state index < -0.39 is 0 Å². The summed E-state index contributed by atoms with van der Waals surface area (Å²) in [7, 11) is 3.52. The van der Waals surface area contributed by atoms with E-state index >= 15 is 0 Å². The molecule has 0 saturated heterocycles. The molecule has 30 heavy (non-hydrogen) atoms. The van der Waals surface area contributed by atoms with Gasteiger partial charge in [0.05, 0.1) is 15.9 Å². The summed E-state index contributed by atoms with van der Waals surface area (Å²) < 4.78 is 0. The fourth-order valence-corrected chi connectivity index (χ4v) is 4.03. The monoisotopic (exact) mass is 418 g/mol. The van der Waals surface area contributed by atoms with Crippen LogP contribution in [0.2, 0.25) is 0 Å². The second-order valence-corrected chi connectivity index (χ2v) is 7.97. The Balaban J connectivity index is 1.61. The van der Waals surface area contributed by atoms with Gasteiger partial charge in [-0.1, -0.05) is 12.1 Å². The molecule has 0 radical (unpaired) electrons. The van der Waals surface area contributed by atoms with Gasteiger partial charge in [-0.15, -0.1) is 11.3 Å². The summed E-state index contributed by atoms with van der Waals surface area (Å²) in [5.41, 5.74) is 15.6. The summed E-state index contributed by atoms with van der Waals surface area (Å²) in [6, 6.07) is 17.8. The van der Waals surface area contributed by atoms with Crippen LogP contribution in [-0.4, -0.2) is 36.0 Å². The van der Waals surface area contributed by atoms with Crippen LogP contribution < -0.4 is 21.3 Å². The highest BCUT2D eigenvalue weighted by molar-refractivity contribution is 7.18. The molecule has 9 heteroatoms. The lowest BCUT2D eigenvalue weighted by atomic mass is 10.1. The zero-order chi connectivity index (χ0) is 21.4. The quantitative estimate of drug-likeness (QED) is 0.255. The Hall–Kier alpha value is -3.85. The number of fused-ring (bicyclic) bond motifs is 1. The molecule has 0 aliphatic heterocycles. The van der Waals surface area contributed by atoms with E-state index in [4.69, 9.17) is 27.3 Å². The first kappa shape index (κ1) is 19.5. The Morgan fingerprint density at radius 1 is 0.867 bits per heavy atom. The predicted octanol–water partition coefficient (Wildman–Crippen LogP) is 3.62. The number of H-pyrrole nitrogens is 1. The Morgan fingerprint density at radius 3 is 2.13 bits per heavy atom. The molecule has 0 atom stereocenters. The second-order valence-electron chi connectivity index (χ2n) is 6.89. The van der Waals surface area contributed by atoms with Crippen molar-refractivity contribution in [3.63, 3.8) is 0 Å². The van der Waals surface area contributed by atoms with Crippen LogP contribution in [0.5, 0.6) is 0 Å². The SMILES string of the molecule is CN(C(=N)N)c1ccc(-c2ccc(-c3nc4ccc(N(C)C(=N)N)cc4[nH]3)s2)cc1. The Bertz CT molecular complexity index is 1240. The molecule has 7 N–H and O–H groups in total. The minimum absolute atomic E-state index is 0.00343. The van der Waals surface area contributed by atoms with Crippen LogP contribution in [0.3, 0.4) is 0 Å². The summed E-state index contributed by atoms with van der Waals surface area (Å²) in [4.78, 5) is 13.5. The van der Waals surface area contributed by atoms with Crippen LogP contribution in [0.25, 0.3) is 32.2 Å². The molecule has 0 saturated carbocycles. The maximum absolute atomic E-state index is 7.59. The zero-order valence-corrected chi connectivity index (χ0v) is 17.4. The lowest BCUT2D eigenvalue weighted by molar-refractivity contribution is 1.20. The molecule has 2 aromatic heterocycles. The van der Waals surface area contributed by atoms with E-state index in [1.54, 1.807) is 35.2 Å². The molecule has 8 nitrogen and oxygen atoms in total. The van der Waals surface area contributed by atoms with Crippen LogP contribution in [0.1, 0.15) is 0 Å². The first-order chi connectivity index (χ1) is 14.3. The van der Waals surface area contributed by atoms with Gasteiger partial charge in [0.2, 0.25) is 0 Å². The molecule has 4 aromatic rings. The topological polar surface area (TPSA) is 135 Å². The lowest BCUT2D eigenvalue weighted by Gasteiger charge is -2.16. The number of guanidine groups is 2. The van der Waals surface area contributed by atoms with Gasteiger partial charge in [0.25, 0.3) is 0 Å². The third-order valence-corrected chi connectivity index (χ3v) is 6.10. The van der Waals surface area contributed by atoms with Crippen LogP contribution in [0.4, 0.5) is 11.4 Å². The highest BCUT2D eigenvalue weighted by atomic mass is 32.1. The van der Waals surface area contributed by atoms with Crippen LogP contribution in [-0.2, 0) is 0 Å². The van der Waals surface area contributed by atoms with Gasteiger partial charge >= 0.3 is 0 Å². The Kier molecular flexibility index (Phi) is 4.88. The van der Waals surface area contributed by atoms with Gasteiger partial charge in [-0.3, -0.25) is 10.8 Å². The van der Waals surface area contributed by atoms with Crippen molar-refractivity contribution in [1.82, 2.24) is 9.97 Å². The number of hydrogen-bond acceptors (Lipinski definition) is 4. The molecule has 2 heterocycles. The van der Waals surface area contributed by atoms with Crippen molar-refractivity contribution >= 4 is 45.7 Å². The first-order valence-corrected chi connectivity index (χ1v) is 10.0. The van der Waals surface area contributed by atoms with Crippen molar-refractivity contribution < 1.29 is 0 Å². The third kappa shape index (κ3) is 3.58. The molecule has 4 rings (SSSR count). The van der Waals surface area contributed by atoms with E-state index in [0.717, 1.165) is 43.6 Å². The van der Waals surface area contributed by atoms with Gasteiger partial charge in [0.1, 0.15) is 5.82 Å². The van der Waals surface area contributed by atoms with Gasteiger partial charge in [0, 0.05) is 30.3 Å². The highest BCUT2D eigenvalue weighted by Crippen LogP contribution is 2.35. The number of nitrogens with zero attached hydrogens (tertiary/aromatic N) is 3. The number of hydrogen-bond donors (Lipinski definition) is 5. The number of nitrogens with two attached hydrogens (primary N) is 2. The van der Waals surface area contributed by atoms with Crippen LogP contribution in [0, 0.1) is 10.8 Å². The van der Waals surface area contributed by atoms with Crippen molar-refractivity contribution in [3.8, 4) is 21.1 Å². The summed E-state index contributed by atoms with van der Waals surface area (Å²) in [6.07, 6.45) is 0. The van der Waals surface area contributed by atoms with E-state index in [-0.39, 0.29) is 11.9 Å². The predicted molar refractivity (Wildman–Crippen MR) is 125 cm³/mol. The number of aromatic nitrogens is 2. The molecule has 0 unspecified atom stereocenters. The smallest absolute Gasteiger partial charge is 0.192 e. The van der Waals surface area contributed by atoms with Crippen molar-refractivity contribution in [2.45, 2.75) is 0 Å². The summed E-state index contributed by atoms with van der Waals surface area (Å²) >= 11 is 1.65. The van der Waals surface area contributed by atoms with Crippen molar-refractivity contribution in [3.05, 3.63) is 54.6 Å². The number of imidazole rings is 1. The maximum atomic E-state index is 7.59. The van der Waals surface area contributed by atoms with Crippen LogP contribution >= 0.6 is 11.3 Å². The number of nitrogens with one attached hydrogen (secondary N) is 3. The molecule has 0 amide bonds. The summed E-state index contributed by atoms with van der Waals surface area (Å²) in [5, 5.41) is 15.1. The van der Waals surface area contributed by atoms with E-state index in [1.807, 2.05) is 42.5 Å². The van der Waals surface area contributed by atoms with Gasteiger partial charge < -0.3 is 26.3 Å². The molecule has 152 valence electrons. The van der Waals surface area contributed by atoms with E-state index in [0.29, 0.717) is 0 Å². The zero-order valence-electron chi connectivity index (χ0n) is 16.6. The van der Waals surface area contributed by atoms with Gasteiger partial charge in [-0.2, -0.15) is 0 Å². The highest BCUT2D eigenvalue weighted by Gasteiger charge is 2.12.